The molecule has 0 bridgehead atoms. The third-order valence-corrected chi connectivity index (χ3v) is 4.71. The molecule has 1 N–H and O–H groups in total. The fraction of sp³-hybridized carbons (Fsp3) is 0.0909. The summed E-state index contributed by atoms with van der Waals surface area (Å²) < 4.78 is 6.93. The van der Waals surface area contributed by atoms with Gasteiger partial charge in [0.15, 0.2) is 0 Å². The number of nitrogens with zero attached hydrogens (tertiary/aromatic N) is 2. The number of fused-ring (bicyclic) bond motifs is 1. The molecule has 0 saturated heterocycles. The summed E-state index contributed by atoms with van der Waals surface area (Å²) in [5, 5.41) is 15.7. The largest absolute Gasteiger partial charge is 0.497 e. The Morgan fingerprint density at radius 2 is 1.74 bits per heavy atom. The standard InChI is InChI=1S/C22H18N2O3/c1-14-21(22(25)26)13-23-24(14)19-5-3-4-15(11-19)16-6-7-18-12-20(27-2)9-8-17(18)10-16/h3-13H,1-2H3,(H,25,26). The van der Waals surface area contributed by atoms with E-state index in [2.05, 4.69) is 23.3 Å². The van der Waals surface area contributed by atoms with Crippen LogP contribution in [-0.4, -0.2) is 28.0 Å². The minimum Gasteiger partial charge on any atom is -0.497 e. The predicted molar refractivity (Wildman–Crippen MR) is 105 cm³/mol. The Kier molecular flexibility index (Phi) is 4.12. The second-order valence-electron chi connectivity index (χ2n) is 6.34. The molecule has 0 fully saturated rings. The lowest BCUT2D eigenvalue weighted by molar-refractivity contribution is 0.0696. The maximum atomic E-state index is 11.3. The Morgan fingerprint density at radius 3 is 2.48 bits per heavy atom. The molecule has 5 heteroatoms. The van der Waals surface area contributed by atoms with Crippen LogP contribution in [0, 0.1) is 6.92 Å². The van der Waals surface area contributed by atoms with Crippen molar-refractivity contribution in [2.24, 2.45) is 0 Å². The van der Waals surface area contributed by atoms with Crippen LogP contribution < -0.4 is 4.74 Å². The Balaban J connectivity index is 1.76. The molecule has 0 radical (unpaired) electrons. The maximum absolute atomic E-state index is 11.3. The lowest BCUT2D eigenvalue weighted by atomic mass is 10.0. The van der Waals surface area contributed by atoms with E-state index in [-0.39, 0.29) is 5.56 Å². The van der Waals surface area contributed by atoms with Gasteiger partial charge in [-0.25, -0.2) is 9.48 Å². The topological polar surface area (TPSA) is 64.4 Å². The van der Waals surface area contributed by atoms with Gasteiger partial charge in [-0.15, -0.1) is 0 Å². The number of hydrogen-bond donors (Lipinski definition) is 1. The zero-order valence-electron chi connectivity index (χ0n) is 15.0. The van der Waals surface area contributed by atoms with E-state index in [1.165, 1.54) is 6.20 Å². The van der Waals surface area contributed by atoms with Crippen LogP contribution in [0.2, 0.25) is 0 Å². The van der Waals surface area contributed by atoms with Crippen LogP contribution in [0.3, 0.4) is 0 Å². The summed E-state index contributed by atoms with van der Waals surface area (Å²) in [4.78, 5) is 11.3. The molecule has 0 aliphatic heterocycles. The van der Waals surface area contributed by atoms with Gasteiger partial charge in [0.1, 0.15) is 11.3 Å². The van der Waals surface area contributed by atoms with Crippen molar-refractivity contribution in [1.29, 1.82) is 0 Å². The highest BCUT2D eigenvalue weighted by Crippen LogP contribution is 2.28. The smallest absolute Gasteiger partial charge is 0.339 e. The van der Waals surface area contributed by atoms with E-state index in [0.717, 1.165) is 33.3 Å². The number of hydrogen-bond acceptors (Lipinski definition) is 3. The molecule has 0 amide bonds. The zero-order chi connectivity index (χ0) is 19.0. The van der Waals surface area contributed by atoms with Gasteiger partial charge in [0.05, 0.1) is 24.7 Å². The molecule has 3 aromatic carbocycles. The molecular weight excluding hydrogens is 340 g/mol. The van der Waals surface area contributed by atoms with Gasteiger partial charge in [0.25, 0.3) is 0 Å². The molecule has 0 atom stereocenters. The fourth-order valence-electron chi connectivity index (χ4n) is 3.23. The van der Waals surface area contributed by atoms with E-state index in [9.17, 15) is 9.90 Å². The Morgan fingerprint density at radius 1 is 1.00 bits per heavy atom. The van der Waals surface area contributed by atoms with Crippen molar-refractivity contribution in [3.63, 3.8) is 0 Å². The molecule has 0 unspecified atom stereocenters. The lowest BCUT2D eigenvalue weighted by Gasteiger charge is -2.09. The van der Waals surface area contributed by atoms with Crippen LogP contribution in [0.1, 0.15) is 16.1 Å². The first kappa shape index (κ1) is 16.8. The van der Waals surface area contributed by atoms with Gasteiger partial charge in [0, 0.05) is 0 Å². The third kappa shape index (κ3) is 3.04. The molecule has 0 aliphatic carbocycles. The SMILES string of the molecule is COc1ccc2cc(-c3cccc(-n4ncc(C(=O)O)c4C)c3)ccc2c1. The van der Waals surface area contributed by atoms with E-state index < -0.39 is 5.97 Å². The number of benzene rings is 3. The van der Waals surface area contributed by atoms with Gasteiger partial charge in [-0.05, 0) is 59.2 Å². The molecule has 134 valence electrons. The van der Waals surface area contributed by atoms with E-state index in [1.54, 1.807) is 18.7 Å². The molecule has 1 heterocycles. The first-order valence-electron chi connectivity index (χ1n) is 8.53. The number of carboxylic acid groups (broad SMARTS) is 1. The second kappa shape index (κ2) is 6.61. The van der Waals surface area contributed by atoms with Gasteiger partial charge in [-0.1, -0.05) is 30.3 Å². The van der Waals surface area contributed by atoms with Gasteiger partial charge in [0.2, 0.25) is 0 Å². The van der Waals surface area contributed by atoms with Crippen molar-refractivity contribution in [3.8, 4) is 22.6 Å². The molecule has 5 nitrogen and oxygen atoms in total. The van der Waals surface area contributed by atoms with Crippen molar-refractivity contribution in [2.45, 2.75) is 6.92 Å². The van der Waals surface area contributed by atoms with Crippen molar-refractivity contribution in [2.75, 3.05) is 7.11 Å². The quantitative estimate of drug-likeness (QED) is 0.574. The van der Waals surface area contributed by atoms with Gasteiger partial charge in [-0.3, -0.25) is 0 Å². The highest BCUT2D eigenvalue weighted by Gasteiger charge is 2.14. The molecule has 1 aromatic heterocycles. The van der Waals surface area contributed by atoms with Gasteiger partial charge in [-0.2, -0.15) is 5.10 Å². The van der Waals surface area contributed by atoms with Crippen LogP contribution >= 0.6 is 0 Å². The minimum atomic E-state index is -0.972. The zero-order valence-corrected chi connectivity index (χ0v) is 15.0. The van der Waals surface area contributed by atoms with Gasteiger partial charge < -0.3 is 9.84 Å². The maximum Gasteiger partial charge on any atom is 0.339 e. The number of aromatic nitrogens is 2. The van der Waals surface area contributed by atoms with Crippen LogP contribution in [0.4, 0.5) is 0 Å². The summed E-state index contributed by atoms with van der Waals surface area (Å²) in [6, 6.07) is 20.2. The molecule has 4 aromatic rings. The summed E-state index contributed by atoms with van der Waals surface area (Å²) in [6.45, 7) is 1.76. The number of ether oxygens (including phenoxy) is 1. The summed E-state index contributed by atoms with van der Waals surface area (Å²) in [5.74, 6) is -0.138. The normalized spacial score (nSPS) is 10.9. The Hall–Kier alpha value is -3.60. The van der Waals surface area contributed by atoms with Crippen LogP contribution in [-0.2, 0) is 0 Å². The number of methoxy groups -OCH3 is 1. The first-order valence-corrected chi connectivity index (χ1v) is 8.53. The molecular formula is C22H18N2O3. The molecule has 0 saturated carbocycles. The van der Waals surface area contributed by atoms with Crippen LogP contribution in [0.25, 0.3) is 27.6 Å². The van der Waals surface area contributed by atoms with E-state index in [4.69, 9.17) is 4.74 Å². The minimum absolute atomic E-state index is 0.208. The number of rotatable bonds is 4. The molecule has 0 aliphatic rings. The van der Waals surface area contributed by atoms with Crippen molar-refractivity contribution in [1.82, 2.24) is 9.78 Å². The number of carbonyl (C=O) groups is 1. The lowest BCUT2D eigenvalue weighted by Crippen LogP contribution is -2.02. The molecule has 27 heavy (non-hydrogen) atoms. The summed E-state index contributed by atoms with van der Waals surface area (Å²) in [7, 11) is 1.66. The average Bonchev–Trinajstić information content (AvgIpc) is 3.09. The van der Waals surface area contributed by atoms with E-state index in [1.807, 2.05) is 42.5 Å². The van der Waals surface area contributed by atoms with Crippen molar-refractivity contribution < 1.29 is 14.6 Å². The van der Waals surface area contributed by atoms with Crippen LogP contribution in [0.15, 0.2) is 66.9 Å². The summed E-state index contributed by atoms with van der Waals surface area (Å²) in [6.07, 6.45) is 1.38. The summed E-state index contributed by atoms with van der Waals surface area (Å²) >= 11 is 0. The van der Waals surface area contributed by atoms with Crippen molar-refractivity contribution >= 4 is 16.7 Å². The highest BCUT2D eigenvalue weighted by atomic mass is 16.5. The summed E-state index contributed by atoms with van der Waals surface area (Å²) in [5.41, 5.74) is 3.76. The monoisotopic (exact) mass is 358 g/mol. The van der Waals surface area contributed by atoms with E-state index in [0.29, 0.717) is 5.69 Å². The molecule has 0 spiro atoms. The van der Waals surface area contributed by atoms with Crippen LogP contribution in [0.5, 0.6) is 5.75 Å². The predicted octanol–water partition coefficient (Wildman–Crippen LogP) is 4.71. The average molecular weight is 358 g/mol. The van der Waals surface area contributed by atoms with E-state index >= 15 is 0 Å². The Bertz CT molecular complexity index is 1160. The fourth-order valence-corrected chi connectivity index (χ4v) is 3.23. The second-order valence-corrected chi connectivity index (χ2v) is 6.34. The Labute approximate surface area is 156 Å². The number of aromatic carboxylic acids is 1. The first-order chi connectivity index (χ1) is 13.1. The van der Waals surface area contributed by atoms with Gasteiger partial charge >= 0.3 is 5.97 Å². The van der Waals surface area contributed by atoms with Crippen molar-refractivity contribution in [3.05, 3.63) is 78.1 Å². The highest BCUT2D eigenvalue weighted by molar-refractivity contribution is 5.89. The number of carboxylic acids is 1. The molecule has 4 rings (SSSR count). The third-order valence-electron chi connectivity index (χ3n) is 4.71.